The highest BCUT2D eigenvalue weighted by atomic mass is 32.1. The topological polar surface area (TPSA) is 98.8 Å². The minimum atomic E-state index is -0.337. The average molecular weight is 427 g/mol. The Balaban J connectivity index is 1.70. The van der Waals surface area contributed by atoms with E-state index in [2.05, 4.69) is 15.6 Å². The minimum Gasteiger partial charge on any atom is -0.493 e. The molecule has 1 aromatic heterocycles. The standard InChI is InChI=1S/C21H21N3O5S/c1-22-20(25)11-29-18-8-7-14(9-19(18)27-2)21(26)24-16-5-3-4-6-17(16)28-10-15-12-30-13-23-15/h3-9,12-13H,10-11H2,1-2H3,(H,22,25)(H,24,26). The van der Waals surface area contributed by atoms with E-state index in [4.69, 9.17) is 14.2 Å². The van der Waals surface area contributed by atoms with Crippen molar-refractivity contribution in [1.82, 2.24) is 10.3 Å². The number of methoxy groups -OCH3 is 1. The van der Waals surface area contributed by atoms with Crippen LogP contribution in [0, 0.1) is 0 Å². The van der Waals surface area contributed by atoms with Crippen molar-refractivity contribution in [1.29, 1.82) is 0 Å². The van der Waals surface area contributed by atoms with Gasteiger partial charge in [0.05, 0.1) is 24.0 Å². The Hall–Kier alpha value is -3.59. The molecule has 2 aromatic carbocycles. The molecule has 0 aliphatic heterocycles. The van der Waals surface area contributed by atoms with Crippen molar-refractivity contribution in [2.24, 2.45) is 0 Å². The monoisotopic (exact) mass is 427 g/mol. The number of thiazole rings is 1. The molecule has 0 saturated heterocycles. The highest BCUT2D eigenvalue weighted by Gasteiger charge is 2.14. The lowest BCUT2D eigenvalue weighted by Gasteiger charge is -2.14. The van der Waals surface area contributed by atoms with Gasteiger partial charge in [0, 0.05) is 18.0 Å². The Morgan fingerprint density at radius 2 is 1.90 bits per heavy atom. The van der Waals surface area contributed by atoms with Gasteiger partial charge in [-0.05, 0) is 30.3 Å². The van der Waals surface area contributed by atoms with Crippen LogP contribution in [0.4, 0.5) is 5.69 Å². The molecule has 9 heteroatoms. The molecule has 0 unspecified atom stereocenters. The second kappa shape index (κ2) is 10.3. The van der Waals surface area contributed by atoms with Gasteiger partial charge in [-0.25, -0.2) is 4.98 Å². The summed E-state index contributed by atoms with van der Waals surface area (Å²) >= 11 is 1.49. The highest BCUT2D eigenvalue weighted by molar-refractivity contribution is 7.07. The van der Waals surface area contributed by atoms with Crippen LogP contribution in [0.1, 0.15) is 16.1 Å². The Bertz CT molecular complexity index is 1010. The number of benzene rings is 2. The molecule has 0 aliphatic rings. The van der Waals surface area contributed by atoms with Crippen LogP contribution in [0.3, 0.4) is 0 Å². The van der Waals surface area contributed by atoms with Gasteiger partial charge >= 0.3 is 0 Å². The fourth-order valence-corrected chi connectivity index (χ4v) is 3.04. The molecule has 3 aromatic rings. The minimum absolute atomic E-state index is 0.151. The quantitative estimate of drug-likeness (QED) is 0.544. The fourth-order valence-electron chi connectivity index (χ4n) is 2.49. The predicted molar refractivity (Wildman–Crippen MR) is 113 cm³/mol. The van der Waals surface area contributed by atoms with Crippen molar-refractivity contribution in [2.45, 2.75) is 6.61 Å². The third-order valence-corrected chi connectivity index (χ3v) is 4.69. The lowest BCUT2D eigenvalue weighted by atomic mass is 10.1. The number of likely N-dealkylation sites (N-methyl/N-ethyl adjacent to an activating group) is 1. The first-order valence-corrected chi connectivity index (χ1v) is 9.96. The molecule has 156 valence electrons. The molecule has 0 spiro atoms. The number of ether oxygens (including phenoxy) is 3. The molecule has 0 bridgehead atoms. The number of anilines is 1. The average Bonchev–Trinajstić information content (AvgIpc) is 3.30. The smallest absolute Gasteiger partial charge is 0.257 e. The molecule has 8 nitrogen and oxygen atoms in total. The van der Waals surface area contributed by atoms with E-state index in [-0.39, 0.29) is 18.4 Å². The Morgan fingerprint density at radius 3 is 2.63 bits per heavy atom. The number of carbonyl (C=O) groups is 2. The summed E-state index contributed by atoms with van der Waals surface area (Å²) in [5.74, 6) is 0.643. The predicted octanol–water partition coefficient (Wildman–Crippen LogP) is 3.11. The summed E-state index contributed by atoms with van der Waals surface area (Å²) in [7, 11) is 2.99. The third-order valence-electron chi connectivity index (χ3n) is 4.06. The molecule has 0 saturated carbocycles. The van der Waals surface area contributed by atoms with E-state index in [0.29, 0.717) is 35.1 Å². The molecule has 0 aliphatic carbocycles. The van der Waals surface area contributed by atoms with Crippen LogP contribution in [0.15, 0.2) is 53.4 Å². The number of para-hydroxylation sites is 2. The first-order chi connectivity index (χ1) is 14.6. The van der Waals surface area contributed by atoms with E-state index < -0.39 is 0 Å². The van der Waals surface area contributed by atoms with Crippen LogP contribution < -0.4 is 24.8 Å². The van der Waals surface area contributed by atoms with Crippen LogP contribution >= 0.6 is 11.3 Å². The molecule has 2 N–H and O–H groups in total. The van der Waals surface area contributed by atoms with Crippen molar-refractivity contribution in [3.05, 3.63) is 64.6 Å². The number of carbonyl (C=O) groups excluding carboxylic acids is 2. The highest BCUT2D eigenvalue weighted by Crippen LogP contribution is 2.30. The van der Waals surface area contributed by atoms with Gasteiger partial charge in [0.25, 0.3) is 11.8 Å². The third kappa shape index (κ3) is 5.48. The van der Waals surface area contributed by atoms with Crippen molar-refractivity contribution in [2.75, 3.05) is 26.1 Å². The van der Waals surface area contributed by atoms with Crippen molar-refractivity contribution < 1.29 is 23.8 Å². The first kappa shape index (κ1) is 21.1. The van der Waals surface area contributed by atoms with E-state index in [0.717, 1.165) is 5.69 Å². The van der Waals surface area contributed by atoms with Gasteiger partial charge in [0.1, 0.15) is 12.4 Å². The molecule has 0 atom stereocenters. The summed E-state index contributed by atoms with van der Waals surface area (Å²) in [5, 5.41) is 7.22. The number of hydrogen-bond acceptors (Lipinski definition) is 7. The zero-order chi connectivity index (χ0) is 21.3. The summed E-state index contributed by atoms with van der Waals surface area (Å²) in [6.45, 7) is 0.156. The van der Waals surface area contributed by atoms with Crippen LogP contribution in [0.5, 0.6) is 17.2 Å². The Labute approximate surface area is 177 Å². The van der Waals surface area contributed by atoms with Crippen LogP contribution in [-0.4, -0.2) is 37.6 Å². The summed E-state index contributed by atoms with van der Waals surface area (Å²) in [5.41, 5.74) is 3.46. The van der Waals surface area contributed by atoms with Gasteiger partial charge in [-0.3, -0.25) is 9.59 Å². The second-order valence-electron chi connectivity index (χ2n) is 6.05. The van der Waals surface area contributed by atoms with Gasteiger partial charge in [0.2, 0.25) is 0 Å². The number of amides is 2. The van der Waals surface area contributed by atoms with Crippen molar-refractivity contribution >= 4 is 28.8 Å². The van der Waals surface area contributed by atoms with Gasteiger partial charge < -0.3 is 24.8 Å². The summed E-state index contributed by atoms with van der Waals surface area (Å²) in [6, 6.07) is 11.9. The van der Waals surface area contributed by atoms with Crippen molar-refractivity contribution in [3.8, 4) is 17.2 Å². The lowest BCUT2D eigenvalue weighted by molar-refractivity contribution is -0.122. The number of hydrogen-bond donors (Lipinski definition) is 2. The zero-order valence-electron chi connectivity index (χ0n) is 16.5. The molecule has 2 amide bonds. The maximum Gasteiger partial charge on any atom is 0.257 e. The van der Waals surface area contributed by atoms with E-state index in [1.165, 1.54) is 25.5 Å². The summed E-state index contributed by atoms with van der Waals surface area (Å²) in [4.78, 5) is 28.3. The van der Waals surface area contributed by atoms with Gasteiger partial charge in [-0.15, -0.1) is 11.3 Å². The molecule has 3 rings (SSSR count). The maximum atomic E-state index is 12.8. The number of nitrogens with zero attached hydrogens (tertiary/aromatic N) is 1. The van der Waals surface area contributed by atoms with Gasteiger partial charge in [0.15, 0.2) is 18.1 Å². The van der Waals surface area contributed by atoms with Gasteiger partial charge in [-0.1, -0.05) is 12.1 Å². The molecular formula is C21H21N3O5S. The fraction of sp³-hybridized carbons (Fsp3) is 0.190. The van der Waals surface area contributed by atoms with Crippen LogP contribution in [0.25, 0.3) is 0 Å². The van der Waals surface area contributed by atoms with E-state index in [9.17, 15) is 9.59 Å². The maximum absolute atomic E-state index is 12.8. The molecule has 1 heterocycles. The lowest BCUT2D eigenvalue weighted by Crippen LogP contribution is -2.25. The summed E-state index contributed by atoms with van der Waals surface area (Å²) < 4.78 is 16.5. The molecule has 0 fully saturated rings. The second-order valence-corrected chi connectivity index (χ2v) is 6.76. The largest absolute Gasteiger partial charge is 0.493 e. The van der Waals surface area contributed by atoms with Crippen LogP contribution in [-0.2, 0) is 11.4 Å². The summed E-state index contributed by atoms with van der Waals surface area (Å²) in [6.07, 6.45) is 0. The zero-order valence-corrected chi connectivity index (χ0v) is 17.3. The van der Waals surface area contributed by atoms with Crippen molar-refractivity contribution in [3.63, 3.8) is 0 Å². The normalized spacial score (nSPS) is 10.2. The van der Waals surface area contributed by atoms with Gasteiger partial charge in [-0.2, -0.15) is 0 Å². The Kier molecular flexibility index (Phi) is 7.23. The van der Waals surface area contributed by atoms with Crippen LogP contribution in [0.2, 0.25) is 0 Å². The number of aromatic nitrogens is 1. The number of nitrogens with one attached hydrogen (secondary N) is 2. The van der Waals surface area contributed by atoms with E-state index in [1.807, 2.05) is 17.5 Å². The van der Waals surface area contributed by atoms with E-state index >= 15 is 0 Å². The molecule has 30 heavy (non-hydrogen) atoms. The first-order valence-electron chi connectivity index (χ1n) is 9.02. The molecule has 0 radical (unpaired) electrons. The SMILES string of the molecule is CNC(=O)COc1ccc(C(=O)Nc2ccccc2OCc2cscn2)cc1OC. The molecular weight excluding hydrogens is 406 g/mol. The number of rotatable bonds is 9. The van der Waals surface area contributed by atoms with E-state index in [1.54, 1.807) is 35.8 Å². The Morgan fingerprint density at radius 1 is 1.07 bits per heavy atom.